The third-order valence-corrected chi connectivity index (χ3v) is 5.12. The first-order valence-electron chi connectivity index (χ1n) is 9.33. The van der Waals surface area contributed by atoms with Gasteiger partial charge in [0.2, 0.25) is 5.91 Å². The highest BCUT2D eigenvalue weighted by Crippen LogP contribution is 2.22. The molecule has 1 saturated heterocycles. The fraction of sp³-hybridized carbons (Fsp3) is 0.476. The highest BCUT2D eigenvalue weighted by molar-refractivity contribution is 5.76. The first-order chi connectivity index (χ1) is 12.5. The quantitative estimate of drug-likeness (QED) is 0.784. The highest BCUT2D eigenvalue weighted by atomic mass is 19.1. The molecule has 140 valence electrons. The van der Waals surface area contributed by atoms with Crippen LogP contribution in [0.4, 0.5) is 4.39 Å². The maximum absolute atomic E-state index is 13.9. The summed E-state index contributed by atoms with van der Waals surface area (Å²) in [6.07, 6.45) is 1.48. The number of carbonyl (C=O) groups is 1. The molecule has 1 fully saturated rings. The number of benzene rings is 1. The van der Waals surface area contributed by atoms with Gasteiger partial charge in [-0.15, -0.1) is 0 Å². The number of furan rings is 1. The fourth-order valence-corrected chi connectivity index (χ4v) is 3.37. The Morgan fingerprint density at radius 3 is 2.69 bits per heavy atom. The van der Waals surface area contributed by atoms with E-state index in [0.717, 1.165) is 37.6 Å². The van der Waals surface area contributed by atoms with Crippen molar-refractivity contribution < 1.29 is 13.6 Å². The molecule has 5 heteroatoms. The second-order valence-corrected chi connectivity index (χ2v) is 7.14. The summed E-state index contributed by atoms with van der Waals surface area (Å²) in [4.78, 5) is 16.5. The van der Waals surface area contributed by atoms with E-state index in [1.165, 1.54) is 6.07 Å². The van der Waals surface area contributed by atoms with Gasteiger partial charge in [-0.25, -0.2) is 4.39 Å². The molecule has 1 aromatic heterocycles. The maximum atomic E-state index is 13.9. The van der Waals surface area contributed by atoms with Gasteiger partial charge in [0.1, 0.15) is 17.3 Å². The first kappa shape index (κ1) is 18.6. The minimum Gasteiger partial charge on any atom is -0.466 e. The van der Waals surface area contributed by atoms with Crippen molar-refractivity contribution in [3.63, 3.8) is 0 Å². The van der Waals surface area contributed by atoms with Gasteiger partial charge in [0.25, 0.3) is 0 Å². The smallest absolute Gasteiger partial charge is 0.224 e. The van der Waals surface area contributed by atoms with Crippen molar-refractivity contribution in [3.05, 3.63) is 59.3 Å². The van der Waals surface area contributed by atoms with Crippen LogP contribution >= 0.6 is 0 Å². The zero-order valence-electron chi connectivity index (χ0n) is 15.6. The second-order valence-electron chi connectivity index (χ2n) is 7.14. The molecule has 0 spiro atoms. The van der Waals surface area contributed by atoms with Crippen LogP contribution in [0.3, 0.4) is 0 Å². The molecule has 2 aromatic rings. The monoisotopic (exact) mass is 358 g/mol. The Hall–Kier alpha value is -2.14. The molecular weight excluding hydrogens is 331 g/mol. The number of halogens is 1. The Morgan fingerprint density at radius 1 is 1.15 bits per heavy atom. The van der Waals surface area contributed by atoms with Crippen LogP contribution in [0.1, 0.15) is 42.8 Å². The lowest BCUT2D eigenvalue weighted by Gasteiger charge is -2.23. The van der Waals surface area contributed by atoms with Gasteiger partial charge in [-0.05, 0) is 38.1 Å². The van der Waals surface area contributed by atoms with Crippen LogP contribution in [0.25, 0.3) is 0 Å². The molecule has 1 aliphatic heterocycles. The molecule has 0 unspecified atom stereocenters. The Kier molecular flexibility index (Phi) is 6.09. The van der Waals surface area contributed by atoms with Crippen LogP contribution in [0.15, 0.2) is 40.8 Å². The van der Waals surface area contributed by atoms with E-state index >= 15 is 0 Å². The SMILES string of the molecule is Cc1ccc([C@H](C)CCN2CCC(=O)N(Cc3ccccc3F)CC2)o1. The Labute approximate surface area is 154 Å². The van der Waals surface area contributed by atoms with Gasteiger partial charge in [-0.1, -0.05) is 25.1 Å². The average Bonchev–Trinajstić information content (AvgIpc) is 2.99. The number of carbonyl (C=O) groups excluding carboxylic acids is 1. The largest absolute Gasteiger partial charge is 0.466 e. The van der Waals surface area contributed by atoms with Crippen LogP contribution in [-0.4, -0.2) is 41.9 Å². The molecule has 0 aliphatic carbocycles. The highest BCUT2D eigenvalue weighted by Gasteiger charge is 2.22. The number of hydrogen-bond acceptors (Lipinski definition) is 3. The van der Waals surface area contributed by atoms with Gasteiger partial charge in [0, 0.05) is 44.1 Å². The molecule has 3 rings (SSSR count). The maximum Gasteiger partial charge on any atom is 0.224 e. The molecule has 0 saturated carbocycles. The summed E-state index contributed by atoms with van der Waals surface area (Å²) in [5.41, 5.74) is 0.580. The summed E-state index contributed by atoms with van der Waals surface area (Å²) in [6.45, 7) is 7.64. The molecule has 4 nitrogen and oxygen atoms in total. The van der Waals surface area contributed by atoms with Crippen LogP contribution in [0.2, 0.25) is 0 Å². The van der Waals surface area contributed by atoms with Crippen molar-refractivity contribution >= 4 is 5.91 Å². The number of amides is 1. The average molecular weight is 358 g/mol. The number of rotatable bonds is 6. The standard InChI is InChI=1S/C21H27FN2O2/c1-16(20-8-7-17(2)26-20)9-11-23-12-10-21(25)24(14-13-23)15-18-5-3-4-6-19(18)22/h3-8,16H,9-15H2,1-2H3/t16-/m1/s1. The minimum absolute atomic E-state index is 0.102. The number of aryl methyl sites for hydroxylation is 1. The molecule has 26 heavy (non-hydrogen) atoms. The molecular formula is C21H27FN2O2. The van der Waals surface area contributed by atoms with Crippen molar-refractivity contribution in [2.75, 3.05) is 26.2 Å². The lowest BCUT2D eigenvalue weighted by molar-refractivity contribution is -0.131. The van der Waals surface area contributed by atoms with Crippen molar-refractivity contribution in [1.82, 2.24) is 9.80 Å². The molecule has 0 bridgehead atoms. The Balaban J connectivity index is 1.52. The van der Waals surface area contributed by atoms with Crippen molar-refractivity contribution in [2.45, 2.75) is 39.2 Å². The molecule has 0 N–H and O–H groups in total. The predicted molar refractivity (Wildman–Crippen MR) is 99.4 cm³/mol. The number of nitrogens with zero attached hydrogens (tertiary/aromatic N) is 2. The first-order valence-corrected chi connectivity index (χ1v) is 9.33. The summed E-state index contributed by atoms with van der Waals surface area (Å²) in [5, 5.41) is 0. The normalized spacial score (nSPS) is 17.3. The van der Waals surface area contributed by atoms with E-state index in [0.29, 0.717) is 31.0 Å². The lowest BCUT2D eigenvalue weighted by Crippen LogP contribution is -2.33. The fourth-order valence-electron chi connectivity index (χ4n) is 3.37. The van der Waals surface area contributed by atoms with Crippen molar-refractivity contribution in [3.8, 4) is 0 Å². The van der Waals surface area contributed by atoms with E-state index in [1.54, 1.807) is 17.0 Å². The molecule has 0 radical (unpaired) electrons. The molecule has 1 atom stereocenters. The van der Waals surface area contributed by atoms with Gasteiger partial charge in [-0.3, -0.25) is 4.79 Å². The van der Waals surface area contributed by atoms with E-state index < -0.39 is 0 Å². The zero-order chi connectivity index (χ0) is 18.5. The predicted octanol–water partition coefficient (Wildman–Crippen LogP) is 3.96. The van der Waals surface area contributed by atoms with E-state index in [2.05, 4.69) is 11.8 Å². The zero-order valence-corrected chi connectivity index (χ0v) is 15.6. The van der Waals surface area contributed by atoms with Crippen LogP contribution in [-0.2, 0) is 11.3 Å². The van der Waals surface area contributed by atoms with Crippen molar-refractivity contribution in [1.29, 1.82) is 0 Å². The summed E-state index contributed by atoms with van der Waals surface area (Å²) in [6, 6.07) is 10.7. The topological polar surface area (TPSA) is 36.7 Å². The second kappa shape index (κ2) is 8.49. The van der Waals surface area contributed by atoms with Gasteiger partial charge >= 0.3 is 0 Å². The summed E-state index contributed by atoms with van der Waals surface area (Å²) >= 11 is 0. The summed E-state index contributed by atoms with van der Waals surface area (Å²) in [5.74, 6) is 2.18. The van der Waals surface area contributed by atoms with Gasteiger partial charge in [-0.2, -0.15) is 0 Å². The molecule has 1 aromatic carbocycles. The lowest BCUT2D eigenvalue weighted by atomic mass is 10.0. The van der Waals surface area contributed by atoms with Gasteiger partial charge < -0.3 is 14.2 Å². The molecule has 2 heterocycles. The third-order valence-electron chi connectivity index (χ3n) is 5.12. The minimum atomic E-state index is -0.246. The van der Waals surface area contributed by atoms with E-state index in [4.69, 9.17) is 4.42 Å². The van der Waals surface area contributed by atoms with E-state index in [1.807, 2.05) is 25.1 Å². The van der Waals surface area contributed by atoms with Crippen LogP contribution < -0.4 is 0 Å². The van der Waals surface area contributed by atoms with Gasteiger partial charge in [0.05, 0.1) is 0 Å². The van der Waals surface area contributed by atoms with E-state index in [-0.39, 0.29) is 11.7 Å². The van der Waals surface area contributed by atoms with E-state index in [9.17, 15) is 9.18 Å². The Bertz CT molecular complexity index is 743. The molecule has 1 amide bonds. The summed E-state index contributed by atoms with van der Waals surface area (Å²) < 4.78 is 19.6. The van der Waals surface area contributed by atoms with Crippen molar-refractivity contribution in [2.24, 2.45) is 0 Å². The van der Waals surface area contributed by atoms with Crippen LogP contribution in [0.5, 0.6) is 0 Å². The summed E-state index contributed by atoms with van der Waals surface area (Å²) in [7, 11) is 0. The number of hydrogen-bond donors (Lipinski definition) is 0. The third kappa shape index (κ3) is 4.73. The Morgan fingerprint density at radius 2 is 1.96 bits per heavy atom. The van der Waals surface area contributed by atoms with Gasteiger partial charge in [0.15, 0.2) is 0 Å². The molecule has 1 aliphatic rings. The van der Waals surface area contributed by atoms with Crippen LogP contribution in [0, 0.1) is 12.7 Å².